The molecule has 0 unspecified atom stereocenters. The van der Waals surface area contributed by atoms with E-state index in [0.717, 1.165) is 74.5 Å². The molecular weight excluding hydrogens is 460 g/mol. The number of rotatable bonds is 5. The molecule has 198 valence electrons. The van der Waals surface area contributed by atoms with Crippen molar-refractivity contribution in [2.45, 2.75) is 70.4 Å². The van der Waals surface area contributed by atoms with Crippen molar-refractivity contribution < 1.29 is 9.59 Å². The Morgan fingerprint density at radius 2 is 1.49 bits per heavy atom. The molecule has 2 aromatic rings. The Morgan fingerprint density at radius 3 is 2.19 bits per heavy atom. The summed E-state index contributed by atoms with van der Waals surface area (Å²) in [5, 5.41) is 3.21. The smallest absolute Gasteiger partial charge is 0.256 e. The van der Waals surface area contributed by atoms with Gasteiger partial charge in [-0.1, -0.05) is 55.5 Å². The molecule has 2 aliphatic heterocycles. The van der Waals surface area contributed by atoms with Crippen molar-refractivity contribution in [2.75, 3.05) is 44.2 Å². The van der Waals surface area contributed by atoms with Gasteiger partial charge in [0.25, 0.3) is 11.8 Å². The number of nitrogens with one attached hydrogen (secondary N) is 1. The number of hydrogen-bond acceptors (Lipinski definition) is 4. The molecule has 0 radical (unpaired) electrons. The highest BCUT2D eigenvalue weighted by Crippen LogP contribution is 2.27. The minimum atomic E-state index is 0.000666. The van der Waals surface area contributed by atoms with E-state index in [1.807, 2.05) is 49.4 Å². The van der Waals surface area contributed by atoms with Crippen LogP contribution in [0.2, 0.25) is 0 Å². The summed E-state index contributed by atoms with van der Waals surface area (Å²) >= 11 is 0. The van der Waals surface area contributed by atoms with Crippen molar-refractivity contribution in [3.05, 3.63) is 65.2 Å². The molecule has 1 aliphatic carbocycles. The van der Waals surface area contributed by atoms with Gasteiger partial charge in [-0.15, -0.1) is 0 Å². The molecule has 0 atom stereocenters. The second-order valence-corrected chi connectivity index (χ2v) is 11.1. The molecule has 1 N–H and O–H groups in total. The third kappa shape index (κ3) is 6.35. The Bertz CT molecular complexity index is 1060. The summed E-state index contributed by atoms with van der Waals surface area (Å²) in [7, 11) is 0. The summed E-state index contributed by atoms with van der Waals surface area (Å²) in [6, 6.07) is 16.7. The fraction of sp³-hybridized carbons (Fsp3) is 0.548. The third-order valence-electron chi connectivity index (χ3n) is 8.53. The lowest BCUT2D eigenvalue weighted by Gasteiger charge is -2.40. The summed E-state index contributed by atoms with van der Waals surface area (Å²) in [6.07, 6.45) is 9.84. The molecule has 3 aliphatic rings. The van der Waals surface area contributed by atoms with Gasteiger partial charge in [-0.05, 0) is 56.9 Å². The highest BCUT2D eigenvalue weighted by molar-refractivity contribution is 6.00. The van der Waals surface area contributed by atoms with E-state index in [9.17, 15) is 9.59 Å². The molecule has 5 rings (SSSR count). The van der Waals surface area contributed by atoms with Gasteiger partial charge in [0.2, 0.25) is 0 Å². The van der Waals surface area contributed by atoms with Crippen LogP contribution in [-0.2, 0) is 0 Å². The fourth-order valence-corrected chi connectivity index (χ4v) is 6.33. The Labute approximate surface area is 222 Å². The van der Waals surface area contributed by atoms with Crippen LogP contribution in [0.4, 0.5) is 5.69 Å². The van der Waals surface area contributed by atoms with Crippen molar-refractivity contribution >= 4 is 17.5 Å². The first-order valence-electron chi connectivity index (χ1n) is 14.3. The van der Waals surface area contributed by atoms with Gasteiger partial charge in [-0.3, -0.25) is 14.5 Å². The zero-order valence-corrected chi connectivity index (χ0v) is 22.3. The molecule has 3 fully saturated rings. The lowest BCUT2D eigenvalue weighted by molar-refractivity contribution is 0.0552. The minimum Gasteiger partial charge on any atom is -0.371 e. The number of amides is 2. The van der Waals surface area contributed by atoms with Crippen molar-refractivity contribution in [3.63, 3.8) is 0 Å². The molecule has 2 aromatic carbocycles. The SMILES string of the molecule is Cc1cccc(C(=O)NC2CCN(c3ccccc3C(=O)N3CCN(C4CCCCCC4)CC3)CC2)c1. The first-order chi connectivity index (χ1) is 18.1. The van der Waals surface area contributed by atoms with E-state index in [2.05, 4.69) is 26.1 Å². The number of piperidine rings is 1. The number of para-hydroxylation sites is 1. The number of aryl methyl sites for hydroxylation is 1. The van der Waals surface area contributed by atoms with Gasteiger partial charge in [0.15, 0.2) is 0 Å². The number of nitrogens with zero attached hydrogens (tertiary/aromatic N) is 3. The maximum atomic E-state index is 13.6. The van der Waals surface area contributed by atoms with Crippen molar-refractivity contribution in [2.24, 2.45) is 0 Å². The van der Waals surface area contributed by atoms with Crippen LogP contribution in [0.25, 0.3) is 0 Å². The zero-order chi connectivity index (χ0) is 25.6. The van der Waals surface area contributed by atoms with Gasteiger partial charge in [0.05, 0.1) is 5.56 Å². The molecule has 0 spiro atoms. The van der Waals surface area contributed by atoms with E-state index < -0.39 is 0 Å². The lowest BCUT2D eigenvalue weighted by Crippen LogP contribution is -2.52. The quantitative estimate of drug-likeness (QED) is 0.593. The van der Waals surface area contributed by atoms with E-state index in [0.29, 0.717) is 6.04 Å². The van der Waals surface area contributed by atoms with Gasteiger partial charge in [0.1, 0.15) is 0 Å². The van der Waals surface area contributed by atoms with Crippen LogP contribution in [0, 0.1) is 6.92 Å². The number of hydrogen-bond donors (Lipinski definition) is 1. The summed E-state index contributed by atoms with van der Waals surface area (Å²) in [5.74, 6) is 0.159. The second-order valence-electron chi connectivity index (χ2n) is 11.1. The van der Waals surface area contributed by atoms with Crippen LogP contribution in [0.5, 0.6) is 0 Å². The van der Waals surface area contributed by atoms with E-state index in [-0.39, 0.29) is 17.9 Å². The highest BCUT2D eigenvalue weighted by Gasteiger charge is 2.29. The normalized spacial score (nSPS) is 20.5. The van der Waals surface area contributed by atoms with Crippen molar-refractivity contribution in [1.82, 2.24) is 15.1 Å². The van der Waals surface area contributed by atoms with Crippen LogP contribution >= 0.6 is 0 Å². The Kier molecular flexibility index (Phi) is 8.45. The molecule has 6 nitrogen and oxygen atoms in total. The Morgan fingerprint density at radius 1 is 0.784 bits per heavy atom. The number of carbonyl (C=O) groups excluding carboxylic acids is 2. The molecule has 0 aromatic heterocycles. The van der Waals surface area contributed by atoms with E-state index >= 15 is 0 Å². The standard InChI is InChI=1S/C31H42N4O2/c1-24-9-8-10-25(23-24)30(36)32-26-15-17-34(18-16-26)29-14-7-6-13-28(29)31(37)35-21-19-33(20-22-35)27-11-4-2-3-5-12-27/h6-10,13-14,23,26-27H,2-5,11-12,15-22H2,1H3,(H,32,36). The average molecular weight is 503 g/mol. The maximum absolute atomic E-state index is 13.6. The van der Waals surface area contributed by atoms with Crippen LogP contribution < -0.4 is 10.2 Å². The van der Waals surface area contributed by atoms with Gasteiger partial charge < -0.3 is 15.1 Å². The molecule has 1 saturated carbocycles. The molecular formula is C31H42N4O2. The topological polar surface area (TPSA) is 55.9 Å². The molecule has 2 amide bonds. The fourth-order valence-electron chi connectivity index (χ4n) is 6.33. The average Bonchev–Trinajstić information content (AvgIpc) is 3.23. The van der Waals surface area contributed by atoms with Gasteiger partial charge in [-0.2, -0.15) is 0 Å². The summed E-state index contributed by atoms with van der Waals surface area (Å²) < 4.78 is 0. The Balaban J connectivity index is 1.16. The van der Waals surface area contributed by atoms with Crippen LogP contribution in [0.1, 0.15) is 77.6 Å². The minimum absolute atomic E-state index is 0.000666. The predicted octanol–water partition coefficient (Wildman–Crippen LogP) is 4.87. The van der Waals surface area contributed by atoms with Crippen LogP contribution in [0.3, 0.4) is 0 Å². The summed E-state index contributed by atoms with van der Waals surface area (Å²) in [4.78, 5) is 33.3. The van der Waals surface area contributed by atoms with E-state index in [1.54, 1.807) is 0 Å². The lowest BCUT2D eigenvalue weighted by atomic mass is 10.0. The van der Waals surface area contributed by atoms with Crippen LogP contribution in [-0.4, -0.2) is 73.0 Å². The van der Waals surface area contributed by atoms with Gasteiger partial charge in [-0.25, -0.2) is 0 Å². The van der Waals surface area contributed by atoms with Crippen molar-refractivity contribution in [1.29, 1.82) is 0 Å². The number of carbonyl (C=O) groups is 2. The second kappa shape index (κ2) is 12.1. The Hall–Kier alpha value is -2.86. The third-order valence-corrected chi connectivity index (χ3v) is 8.53. The maximum Gasteiger partial charge on any atom is 0.256 e. The largest absolute Gasteiger partial charge is 0.371 e. The molecule has 2 saturated heterocycles. The predicted molar refractivity (Wildman–Crippen MR) is 149 cm³/mol. The van der Waals surface area contributed by atoms with E-state index in [4.69, 9.17) is 0 Å². The molecule has 2 heterocycles. The molecule has 37 heavy (non-hydrogen) atoms. The number of piperazine rings is 1. The number of benzene rings is 2. The van der Waals surface area contributed by atoms with Gasteiger partial charge >= 0.3 is 0 Å². The van der Waals surface area contributed by atoms with Gasteiger partial charge in [0, 0.05) is 62.6 Å². The molecule has 0 bridgehead atoms. The number of anilines is 1. The zero-order valence-electron chi connectivity index (χ0n) is 22.3. The first kappa shape index (κ1) is 25.8. The monoisotopic (exact) mass is 502 g/mol. The van der Waals surface area contributed by atoms with E-state index in [1.165, 1.54) is 38.5 Å². The summed E-state index contributed by atoms with van der Waals surface area (Å²) in [5.41, 5.74) is 3.65. The highest BCUT2D eigenvalue weighted by atomic mass is 16.2. The summed E-state index contributed by atoms with van der Waals surface area (Å²) in [6.45, 7) is 7.28. The van der Waals surface area contributed by atoms with Crippen molar-refractivity contribution in [3.8, 4) is 0 Å². The van der Waals surface area contributed by atoms with Crippen LogP contribution in [0.15, 0.2) is 48.5 Å². The molecule has 6 heteroatoms. The first-order valence-corrected chi connectivity index (χ1v) is 14.3.